The van der Waals surface area contributed by atoms with E-state index in [4.69, 9.17) is 9.47 Å². The summed E-state index contributed by atoms with van der Waals surface area (Å²) >= 11 is 0. The van der Waals surface area contributed by atoms with Gasteiger partial charge in [0.1, 0.15) is 18.2 Å². The van der Waals surface area contributed by atoms with E-state index in [2.05, 4.69) is 20.1 Å². The Balaban J connectivity index is 1.58. The molecular weight excluding hydrogens is 322 g/mol. The maximum Gasteiger partial charge on any atom is 0.254 e. The van der Waals surface area contributed by atoms with E-state index in [9.17, 15) is 4.79 Å². The number of anilines is 1. The Labute approximate surface area is 146 Å². The van der Waals surface area contributed by atoms with Crippen LogP contribution in [0.5, 0.6) is 5.75 Å². The van der Waals surface area contributed by atoms with Gasteiger partial charge in [-0.05, 0) is 25.1 Å². The Morgan fingerprint density at radius 1 is 1.24 bits per heavy atom. The van der Waals surface area contributed by atoms with E-state index in [0.717, 1.165) is 5.82 Å². The third-order valence-corrected chi connectivity index (χ3v) is 4.07. The van der Waals surface area contributed by atoms with Gasteiger partial charge in [0, 0.05) is 38.9 Å². The van der Waals surface area contributed by atoms with Crippen molar-refractivity contribution in [2.75, 3.05) is 51.4 Å². The zero-order valence-corrected chi connectivity index (χ0v) is 14.6. The number of aromatic nitrogens is 3. The molecule has 0 spiro atoms. The van der Waals surface area contributed by atoms with Crippen molar-refractivity contribution < 1.29 is 14.3 Å². The second-order valence-corrected chi connectivity index (χ2v) is 5.87. The number of rotatable bonds is 6. The van der Waals surface area contributed by atoms with Crippen LogP contribution in [-0.2, 0) is 4.74 Å². The SMILES string of the molecule is COCCOc1cccc(C(=O)N2CCN(c3n[nH]c(C)n3)CC2)c1. The molecule has 8 heteroatoms. The molecule has 1 aliphatic heterocycles. The largest absolute Gasteiger partial charge is 0.491 e. The van der Waals surface area contributed by atoms with E-state index < -0.39 is 0 Å². The quantitative estimate of drug-likeness (QED) is 0.790. The number of benzene rings is 1. The summed E-state index contributed by atoms with van der Waals surface area (Å²) in [6.45, 7) is 5.56. The van der Waals surface area contributed by atoms with Crippen LogP contribution in [-0.4, -0.2) is 72.5 Å². The average molecular weight is 345 g/mol. The van der Waals surface area contributed by atoms with Crippen molar-refractivity contribution in [2.24, 2.45) is 0 Å². The predicted molar refractivity (Wildman–Crippen MR) is 93.0 cm³/mol. The second-order valence-electron chi connectivity index (χ2n) is 5.87. The highest BCUT2D eigenvalue weighted by Crippen LogP contribution is 2.17. The molecule has 0 radical (unpaired) electrons. The summed E-state index contributed by atoms with van der Waals surface area (Å²) < 4.78 is 10.5. The predicted octanol–water partition coefficient (Wildman–Crippen LogP) is 1.10. The first-order valence-corrected chi connectivity index (χ1v) is 8.32. The van der Waals surface area contributed by atoms with E-state index >= 15 is 0 Å². The van der Waals surface area contributed by atoms with E-state index in [1.54, 1.807) is 13.2 Å². The van der Waals surface area contributed by atoms with Gasteiger partial charge in [-0.25, -0.2) is 0 Å². The summed E-state index contributed by atoms with van der Waals surface area (Å²) in [4.78, 5) is 21.0. The molecule has 0 saturated carbocycles. The molecule has 0 bridgehead atoms. The monoisotopic (exact) mass is 345 g/mol. The van der Waals surface area contributed by atoms with Crippen LogP contribution in [0.3, 0.4) is 0 Å². The second kappa shape index (κ2) is 7.98. The maximum absolute atomic E-state index is 12.7. The first kappa shape index (κ1) is 17.2. The number of amides is 1. The summed E-state index contributed by atoms with van der Waals surface area (Å²) in [5.41, 5.74) is 0.636. The van der Waals surface area contributed by atoms with E-state index in [1.807, 2.05) is 30.0 Å². The lowest BCUT2D eigenvalue weighted by molar-refractivity contribution is 0.0745. The summed E-state index contributed by atoms with van der Waals surface area (Å²) in [5, 5.41) is 7.02. The van der Waals surface area contributed by atoms with Crippen LogP contribution in [0.2, 0.25) is 0 Å². The van der Waals surface area contributed by atoms with Crippen molar-refractivity contribution in [1.29, 1.82) is 0 Å². The lowest BCUT2D eigenvalue weighted by Gasteiger charge is -2.34. The molecule has 0 unspecified atom stereocenters. The number of nitrogens with zero attached hydrogens (tertiary/aromatic N) is 4. The number of carbonyl (C=O) groups is 1. The minimum Gasteiger partial charge on any atom is -0.491 e. The molecule has 25 heavy (non-hydrogen) atoms. The zero-order valence-electron chi connectivity index (χ0n) is 14.6. The third-order valence-electron chi connectivity index (χ3n) is 4.07. The van der Waals surface area contributed by atoms with Gasteiger partial charge < -0.3 is 19.3 Å². The minimum atomic E-state index is 0.0167. The number of ether oxygens (including phenoxy) is 2. The molecule has 1 aliphatic rings. The van der Waals surface area contributed by atoms with Gasteiger partial charge in [-0.1, -0.05) is 6.07 Å². The smallest absolute Gasteiger partial charge is 0.254 e. The van der Waals surface area contributed by atoms with Crippen molar-refractivity contribution >= 4 is 11.9 Å². The zero-order chi connectivity index (χ0) is 17.6. The molecule has 8 nitrogen and oxygen atoms in total. The van der Waals surface area contributed by atoms with Crippen molar-refractivity contribution in [1.82, 2.24) is 20.1 Å². The Kier molecular flexibility index (Phi) is 5.49. The molecule has 0 atom stereocenters. The number of carbonyl (C=O) groups excluding carboxylic acids is 1. The fourth-order valence-electron chi connectivity index (χ4n) is 2.73. The summed E-state index contributed by atoms with van der Waals surface area (Å²) in [6.07, 6.45) is 0. The molecule has 3 rings (SSSR count). The lowest BCUT2D eigenvalue weighted by Crippen LogP contribution is -2.49. The maximum atomic E-state index is 12.7. The first-order chi connectivity index (χ1) is 12.2. The van der Waals surface area contributed by atoms with Crippen LogP contribution in [0.4, 0.5) is 5.95 Å². The molecule has 1 saturated heterocycles. The fraction of sp³-hybridized carbons (Fsp3) is 0.471. The number of aromatic amines is 1. The minimum absolute atomic E-state index is 0.0167. The van der Waals surface area contributed by atoms with Crippen LogP contribution in [0.1, 0.15) is 16.2 Å². The average Bonchev–Trinajstić information content (AvgIpc) is 3.08. The standard InChI is InChI=1S/C17H23N5O3/c1-13-18-17(20-19-13)22-8-6-21(7-9-22)16(23)14-4-3-5-15(12-14)25-11-10-24-2/h3-5,12H,6-11H2,1-2H3,(H,18,19,20). The highest BCUT2D eigenvalue weighted by atomic mass is 16.5. The van der Waals surface area contributed by atoms with Crippen LogP contribution in [0, 0.1) is 6.92 Å². The normalized spacial score (nSPS) is 14.6. The Hall–Kier alpha value is -2.61. The third kappa shape index (κ3) is 4.27. The number of aryl methyl sites for hydroxylation is 1. The van der Waals surface area contributed by atoms with Crippen LogP contribution in [0.15, 0.2) is 24.3 Å². The number of methoxy groups -OCH3 is 1. The van der Waals surface area contributed by atoms with Crippen molar-refractivity contribution in [3.8, 4) is 5.75 Å². The number of hydrogen-bond acceptors (Lipinski definition) is 6. The number of H-pyrrole nitrogens is 1. The number of hydrogen-bond donors (Lipinski definition) is 1. The number of nitrogens with one attached hydrogen (secondary N) is 1. The Morgan fingerprint density at radius 3 is 2.72 bits per heavy atom. The molecule has 2 aromatic rings. The van der Waals surface area contributed by atoms with Crippen LogP contribution < -0.4 is 9.64 Å². The summed E-state index contributed by atoms with van der Waals surface area (Å²) in [6, 6.07) is 7.28. The van der Waals surface area contributed by atoms with Crippen LogP contribution >= 0.6 is 0 Å². The highest BCUT2D eigenvalue weighted by molar-refractivity contribution is 5.94. The Morgan fingerprint density at radius 2 is 2.04 bits per heavy atom. The van der Waals surface area contributed by atoms with E-state index in [-0.39, 0.29) is 5.91 Å². The molecule has 0 aliphatic carbocycles. The molecule has 2 heterocycles. The van der Waals surface area contributed by atoms with Gasteiger partial charge in [-0.15, -0.1) is 5.10 Å². The topological polar surface area (TPSA) is 83.6 Å². The molecule has 1 amide bonds. The molecular formula is C17H23N5O3. The van der Waals surface area contributed by atoms with E-state index in [1.165, 1.54) is 0 Å². The van der Waals surface area contributed by atoms with Gasteiger partial charge in [0.25, 0.3) is 5.91 Å². The van der Waals surface area contributed by atoms with Crippen LogP contribution in [0.25, 0.3) is 0 Å². The van der Waals surface area contributed by atoms with Crippen molar-refractivity contribution in [3.05, 3.63) is 35.7 Å². The van der Waals surface area contributed by atoms with Crippen molar-refractivity contribution in [3.63, 3.8) is 0 Å². The lowest BCUT2D eigenvalue weighted by atomic mass is 10.1. The molecule has 1 N–H and O–H groups in total. The Bertz CT molecular complexity index is 710. The fourth-order valence-corrected chi connectivity index (χ4v) is 2.73. The first-order valence-electron chi connectivity index (χ1n) is 8.32. The summed E-state index contributed by atoms with van der Waals surface area (Å²) in [5.74, 6) is 2.18. The highest BCUT2D eigenvalue weighted by Gasteiger charge is 2.24. The molecule has 1 fully saturated rings. The van der Waals surface area contributed by atoms with Gasteiger partial charge in [0.05, 0.1) is 6.61 Å². The van der Waals surface area contributed by atoms with Gasteiger partial charge in [-0.3, -0.25) is 9.89 Å². The number of piperazine rings is 1. The van der Waals surface area contributed by atoms with Gasteiger partial charge in [0.2, 0.25) is 5.95 Å². The van der Waals surface area contributed by atoms with Crippen molar-refractivity contribution in [2.45, 2.75) is 6.92 Å². The van der Waals surface area contributed by atoms with Gasteiger partial charge in [-0.2, -0.15) is 4.98 Å². The molecule has 1 aromatic carbocycles. The molecule has 1 aromatic heterocycles. The molecule has 134 valence electrons. The van der Waals surface area contributed by atoms with Gasteiger partial charge >= 0.3 is 0 Å². The van der Waals surface area contributed by atoms with Gasteiger partial charge in [0.15, 0.2) is 0 Å². The summed E-state index contributed by atoms with van der Waals surface area (Å²) in [7, 11) is 1.63. The van der Waals surface area contributed by atoms with E-state index in [0.29, 0.717) is 56.7 Å².